The SMILES string of the molecule is O=C(O)c1cccc(NC(=O)c2cccc(O)c2O)c1. The van der Waals surface area contributed by atoms with E-state index in [0.29, 0.717) is 0 Å². The minimum Gasteiger partial charge on any atom is -0.504 e. The molecule has 0 aliphatic carbocycles. The lowest BCUT2D eigenvalue weighted by Crippen LogP contribution is -2.12. The molecule has 102 valence electrons. The molecule has 0 bridgehead atoms. The Morgan fingerprint density at radius 1 is 1.00 bits per heavy atom. The Balaban J connectivity index is 2.26. The monoisotopic (exact) mass is 273 g/mol. The number of nitrogens with one attached hydrogen (secondary N) is 1. The molecule has 2 rings (SSSR count). The summed E-state index contributed by atoms with van der Waals surface area (Å²) in [5.74, 6) is -2.70. The molecule has 0 saturated heterocycles. The molecule has 0 heterocycles. The maximum absolute atomic E-state index is 11.9. The summed E-state index contributed by atoms with van der Waals surface area (Å²) in [5, 5.41) is 30.2. The van der Waals surface area contributed by atoms with Gasteiger partial charge in [0.1, 0.15) is 0 Å². The minimum absolute atomic E-state index is 0.0305. The molecular weight excluding hydrogens is 262 g/mol. The molecule has 6 nitrogen and oxygen atoms in total. The minimum atomic E-state index is -1.11. The summed E-state index contributed by atoms with van der Waals surface area (Å²) in [6, 6.07) is 9.69. The number of anilines is 1. The van der Waals surface area contributed by atoms with Crippen molar-refractivity contribution in [1.82, 2.24) is 0 Å². The Bertz CT molecular complexity index is 681. The zero-order valence-electron chi connectivity index (χ0n) is 10.2. The van der Waals surface area contributed by atoms with Crippen LogP contribution < -0.4 is 5.32 Å². The fourth-order valence-corrected chi connectivity index (χ4v) is 1.64. The van der Waals surface area contributed by atoms with Gasteiger partial charge < -0.3 is 20.6 Å². The second kappa shape index (κ2) is 5.31. The molecule has 0 aromatic heterocycles. The highest BCUT2D eigenvalue weighted by molar-refractivity contribution is 6.07. The molecule has 6 heteroatoms. The van der Waals surface area contributed by atoms with E-state index in [4.69, 9.17) is 5.11 Å². The van der Waals surface area contributed by atoms with Crippen molar-refractivity contribution in [1.29, 1.82) is 0 Å². The van der Waals surface area contributed by atoms with Crippen molar-refractivity contribution in [2.75, 3.05) is 5.32 Å². The predicted octanol–water partition coefficient (Wildman–Crippen LogP) is 2.05. The van der Waals surface area contributed by atoms with Gasteiger partial charge in [-0.25, -0.2) is 4.79 Å². The Morgan fingerprint density at radius 3 is 2.40 bits per heavy atom. The number of carbonyl (C=O) groups excluding carboxylic acids is 1. The van der Waals surface area contributed by atoms with Crippen LogP contribution in [-0.2, 0) is 0 Å². The van der Waals surface area contributed by atoms with Crippen molar-refractivity contribution in [2.45, 2.75) is 0 Å². The first-order valence-corrected chi connectivity index (χ1v) is 5.64. The van der Waals surface area contributed by atoms with Crippen molar-refractivity contribution in [3.8, 4) is 11.5 Å². The van der Waals surface area contributed by atoms with E-state index in [2.05, 4.69) is 5.32 Å². The zero-order chi connectivity index (χ0) is 14.7. The standard InChI is InChI=1S/C14H11NO5/c16-11-6-2-5-10(12(11)17)13(18)15-9-4-1-3-8(7-9)14(19)20/h1-7,16-17H,(H,15,18)(H,19,20). The van der Waals surface area contributed by atoms with Crippen LogP contribution in [0.5, 0.6) is 11.5 Å². The van der Waals surface area contributed by atoms with Gasteiger partial charge in [-0.3, -0.25) is 4.79 Å². The lowest BCUT2D eigenvalue weighted by Gasteiger charge is -2.08. The number of benzene rings is 2. The normalized spacial score (nSPS) is 10.0. The number of para-hydroxylation sites is 1. The first-order valence-electron chi connectivity index (χ1n) is 5.64. The van der Waals surface area contributed by atoms with E-state index in [0.717, 1.165) is 0 Å². The van der Waals surface area contributed by atoms with Gasteiger partial charge in [-0.15, -0.1) is 0 Å². The number of phenols is 2. The summed E-state index contributed by atoms with van der Waals surface area (Å²) in [5.41, 5.74) is 0.200. The van der Waals surface area contributed by atoms with Crippen LogP contribution in [0.15, 0.2) is 42.5 Å². The second-order valence-corrected chi connectivity index (χ2v) is 4.01. The van der Waals surface area contributed by atoms with Gasteiger partial charge in [0.25, 0.3) is 5.91 Å². The van der Waals surface area contributed by atoms with Crippen LogP contribution in [-0.4, -0.2) is 27.2 Å². The van der Waals surface area contributed by atoms with Gasteiger partial charge in [0.05, 0.1) is 11.1 Å². The predicted molar refractivity (Wildman–Crippen MR) is 71.1 cm³/mol. The third-order valence-electron chi connectivity index (χ3n) is 2.63. The van der Waals surface area contributed by atoms with Gasteiger partial charge in [-0.2, -0.15) is 0 Å². The lowest BCUT2D eigenvalue weighted by molar-refractivity contribution is 0.0696. The summed E-state index contributed by atoms with van der Waals surface area (Å²) in [6.07, 6.45) is 0. The van der Waals surface area contributed by atoms with Gasteiger partial charge in [-0.1, -0.05) is 12.1 Å². The fourth-order valence-electron chi connectivity index (χ4n) is 1.64. The van der Waals surface area contributed by atoms with Crippen LogP contribution >= 0.6 is 0 Å². The van der Waals surface area contributed by atoms with Gasteiger partial charge in [-0.05, 0) is 30.3 Å². The fraction of sp³-hybridized carbons (Fsp3) is 0. The van der Waals surface area contributed by atoms with Crippen LogP contribution in [0, 0.1) is 0 Å². The molecule has 0 spiro atoms. The average Bonchev–Trinajstić information content (AvgIpc) is 2.42. The highest BCUT2D eigenvalue weighted by atomic mass is 16.4. The van der Waals surface area contributed by atoms with Gasteiger partial charge in [0.2, 0.25) is 0 Å². The van der Waals surface area contributed by atoms with Crippen molar-refractivity contribution >= 4 is 17.6 Å². The van der Waals surface area contributed by atoms with E-state index in [1.807, 2.05) is 0 Å². The highest BCUT2D eigenvalue weighted by Crippen LogP contribution is 2.28. The zero-order valence-corrected chi connectivity index (χ0v) is 10.2. The molecule has 0 saturated carbocycles. The summed E-state index contributed by atoms with van der Waals surface area (Å²) < 4.78 is 0. The largest absolute Gasteiger partial charge is 0.504 e. The van der Waals surface area contributed by atoms with Crippen molar-refractivity contribution in [2.24, 2.45) is 0 Å². The van der Waals surface area contributed by atoms with Crippen molar-refractivity contribution in [3.05, 3.63) is 53.6 Å². The third kappa shape index (κ3) is 2.69. The first kappa shape index (κ1) is 13.4. The van der Waals surface area contributed by atoms with Gasteiger partial charge >= 0.3 is 5.97 Å². The van der Waals surface area contributed by atoms with Crippen LogP contribution in [0.25, 0.3) is 0 Å². The van der Waals surface area contributed by atoms with E-state index in [1.165, 1.54) is 42.5 Å². The van der Waals surface area contributed by atoms with Crippen LogP contribution in [0.3, 0.4) is 0 Å². The molecule has 0 unspecified atom stereocenters. The number of carboxylic acids is 1. The van der Waals surface area contributed by atoms with Gasteiger partial charge in [0, 0.05) is 5.69 Å². The quantitative estimate of drug-likeness (QED) is 0.640. The maximum atomic E-state index is 11.9. The molecule has 20 heavy (non-hydrogen) atoms. The highest BCUT2D eigenvalue weighted by Gasteiger charge is 2.14. The van der Waals surface area contributed by atoms with Crippen molar-refractivity contribution < 1.29 is 24.9 Å². The molecule has 4 N–H and O–H groups in total. The van der Waals surface area contributed by atoms with E-state index in [-0.39, 0.29) is 16.8 Å². The van der Waals surface area contributed by atoms with Crippen LogP contribution in [0.2, 0.25) is 0 Å². The number of aromatic hydroxyl groups is 2. The number of carboxylic acid groups (broad SMARTS) is 1. The molecule has 0 aliphatic heterocycles. The molecule has 0 radical (unpaired) electrons. The number of aromatic carboxylic acids is 1. The Morgan fingerprint density at radius 2 is 1.70 bits per heavy atom. The Kier molecular flexibility index (Phi) is 3.56. The van der Waals surface area contributed by atoms with E-state index in [1.54, 1.807) is 0 Å². The summed E-state index contributed by atoms with van der Waals surface area (Å²) in [6.45, 7) is 0. The topological polar surface area (TPSA) is 107 Å². The number of rotatable bonds is 3. The Labute approximate surface area is 113 Å². The molecule has 2 aromatic rings. The molecule has 1 amide bonds. The number of carbonyl (C=O) groups is 2. The van der Waals surface area contributed by atoms with E-state index in [9.17, 15) is 19.8 Å². The number of amides is 1. The summed E-state index contributed by atoms with van der Waals surface area (Å²) in [4.78, 5) is 22.8. The third-order valence-corrected chi connectivity index (χ3v) is 2.63. The maximum Gasteiger partial charge on any atom is 0.335 e. The average molecular weight is 273 g/mol. The van der Waals surface area contributed by atoms with Crippen molar-refractivity contribution in [3.63, 3.8) is 0 Å². The van der Waals surface area contributed by atoms with E-state index >= 15 is 0 Å². The molecule has 0 fully saturated rings. The van der Waals surface area contributed by atoms with Crippen LogP contribution in [0.4, 0.5) is 5.69 Å². The molecular formula is C14H11NO5. The van der Waals surface area contributed by atoms with Gasteiger partial charge in [0.15, 0.2) is 11.5 Å². The summed E-state index contributed by atoms with van der Waals surface area (Å²) in [7, 11) is 0. The van der Waals surface area contributed by atoms with E-state index < -0.39 is 23.4 Å². The second-order valence-electron chi connectivity index (χ2n) is 4.01. The molecule has 0 aliphatic rings. The number of hydrogen-bond acceptors (Lipinski definition) is 4. The molecule has 2 aromatic carbocycles. The Hall–Kier alpha value is -3.02. The number of phenolic OH excluding ortho intramolecular Hbond substituents is 2. The summed E-state index contributed by atoms with van der Waals surface area (Å²) >= 11 is 0. The van der Waals surface area contributed by atoms with Crippen LogP contribution in [0.1, 0.15) is 20.7 Å². The molecule has 0 atom stereocenters. The lowest BCUT2D eigenvalue weighted by atomic mass is 10.1. The smallest absolute Gasteiger partial charge is 0.335 e. The number of hydrogen-bond donors (Lipinski definition) is 4. The first-order chi connectivity index (χ1) is 9.49.